The summed E-state index contributed by atoms with van der Waals surface area (Å²) >= 11 is 0. The Bertz CT molecular complexity index is 449. The van der Waals surface area contributed by atoms with Gasteiger partial charge in [-0.05, 0) is 49.8 Å². The van der Waals surface area contributed by atoms with Gasteiger partial charge in [0.15, 0.2) is 0 Å². The summed E-state index contributed by atoms with van der Waals surface area (Å²) < 4.78 is 0. The van der Waals surface area contributed by atoms with Crippen molar-refractivity contribution >= 4 is 19.4 Å². The Labute approximate surface area is 129 Å². The summed E-state index contributed by atoms with van der Waals surface area (Å²) in [6.45, 7) is 7.15. The van der Waals surface area contributed by atoms with Crippen LogP contribution in [-0.2, 0) is 9.59 Å². The highest BCUT2D eigenvalue weighted by atomic mass is 16.3. The number of hydrogen-bond acceptors (Lipinski definition) is 3. The van der Waals surface area contributed by atoms with Crippen molar-refractivity contribution in [3.63, 3.8) is 0 Å². The zero-order valence-electron chi connectivity index (χ0n) is 13.7. The third kappa shape index (κ3) is 2.21. The molecule has 0 heterocycles. The molecule has 4 heteroatoms. The first-order chi connectivity index (χ1) is 9.70. The van der Waals surface area contributed by atoms with Crippen molar-refractivity contribution in [2.24, 2.45) is 23.2 Å². The molecule has 116 valence electrons. The molecule has 2 aliphatic carbocycles. The van der Waals surface area contributed by atoms with Crippen molar-refractivity contribution in [1.29, 1.82) is 0 Å². The Morgan fingerprint density at radius 3 is 2.33 bits per heavy atom. The van der Waals surface area contributed by atoms with Gasteiger partial charge in [-0.3, -0.25) is 9.59 Å². The molecule has 0 aromatic carbocycles. The Morgan fingerprint density at radius 1 is 1.24 bits per heavy atom. The standard InChI is InChI=1S/C17H27BO3/c1-5-17(18)14(21)9-12-7-6-8-13(10(2)19)16(17,4)15(12)11(3)20/h12-15,21H,5-9H2,1-4H3/t12?,13?,14?,15-,16?,17-/m0/s1. The first-order valence-corrected chi connectivity index (χ1v) is 8.18. The number of fused-ring (bicyclic) bond motifs is 2. The second-order valence-electron chi connectivity index (χ2n) is 7.37. The Morgan fingerprint density at radius 2 is 1.86 bits per heavy atom. The summed E-state index contributed by atoms with van der Waals surface area (Å²) in [6.07, 6.45) is 3.12. The average Bonchev–Trinajstić information content (AvgIpc) is 2.51. The van der Waals surface area contributed by atoms with Crippen LogP contribution in [-0.4, -0.2) is 30.6 Å². The fraction of sp³-hybridized carbons (Fsp3) is 0.882. The Hall–Kier alpha value is -0.635. The Balaban J connectivity index is 2.66. The third-order valence-corrected chi connectivity index (χ3v) is 6.55. The highest BCUT2D eigenvalue weighted by Gasteiger charge is 2.63. The maximum atomic E-state index is 12.4. The van der Waals surface area contributed by atoms with Crippen LogP contribution in [0, 0.1) is 23.2 Å². The second-order valence-corrected chi connectivity index (χ2v) is 7.37. The van der Waals surface area contributed by atoms with E-state index in [1.807, 2.05) is 13.8 Å². The molecule has 0 spiro atoms. The smallest absolute Gasteiger partial charge is 0.133 e. The van der Waals surface area contributed by atoms with E-state index in [9.17, 15) is 14.7 Å². The summed E-state index contributed by atoms with van der Waals surface area (Å²) in [5.74, 6) is -0.0961. The number of aliphatic hydroxyl groups is 1. The van der Waals surface area contributed by atoms with Gasteiger partial charge in [-0.2, -0.15) is 0 Å². The topological polar surface area (TPSA) is 54.4 Å². The molecule has 2 aliphatic rings. The number of carbonyl (C=O) groups is 2. The zero-order chi connectivity index (χ0) is 16.0. The van der Waals surface area contributed by atoms with E-state index in [1.54, 1.807) is 13.8 Å². The van der Waals surface area contributed by atoms with Crippen molar-refractivity contribution in [1.82, 2.24) is 0 Å². The van der Waals surface area contributed by atoms with Crippen LogP contribution >= 0.6 is 0 Å². The van der Waals surface area contributed by atoms with Crippen molar-refractivity contribution in [2.45, 2.75) is 71.2 Å². The number of Topliss-reactive ketones (excluding diaryl/α,β-unsaturated/α-hetero) is 2. The molecule has 2 saturated carbocycles. The average molecular weight is 290 g/mol. The van der Waals surface area contributed by atoms with Crippen LogP contribution in [0.2, 0.25) is 5.31 Å². The number of aliphatic hydroxyl groups excluding tert-OH is 1. The maximum Gasteiger partial charge on any atom is 0.133 e. The van der Waals surface area contributed by atoms with Crippen LogP contribution < -0.4 is 0 Å². The number of carbonyl (C=O) groups excluding carboxylic acids is 2. The molecular formula is C17H27BO3. The number of ketones is 2. The van der Waals surface area contributed by atoms with E-state index in [0.29, 0.717) is 12.8 Å². The lowest BCUT2D eigenvalue weighted by atomic mass is 9.37. The van der Waals surface area contributed by atoms with E-state index in [2.05, 4.69) is 0 Å². The van der Waals surface area contributed by atoms with Gasteiger partial charge in [0.25, 0.3) is 0 Å². The first-order valence-electron chi connectivity index (χ1n) is 8.18. The maximum absolute atomic E-state index is 12.4. The van der Waals surface area contributed by atoms with E-state index < -0.39 is 16.8 Å². The first kappa shape index (κ1) is 16.7. The van der Waals surface area contributed by atoms with E-state index in [0.717, 1.165) is 19.3 Å². The lowest BCUT2D eigenvalue weighted by Crippen LogP contribution is -2.59. The predicted molar refractivity (Wildman–Crippen MR) is 83.2 cm³/mol. The van der Waals surface area contributed by atoms with Crippen LogP contribution in [0.3, 0.4) is 0 Å². The summed E-state index contributed by atoms with van der Waals surface area (Å²) in [7, 11) is 6.66. The second kappa shape index (κ2) is 5.53. The van der Waals surface area contributed by atoms with Crippen LogP contribution in [0.1, 0.15) is 59.8 Å². The van der Waals surface area contributed by atoms with Gasteiger partial charge in [0.2, 0.25) is 0 Å². The molecule has 0 aliphatic heterocycles. The molecule has 2 rings (SSSR count). The highest BCUT2D eigenvalue weighted by molar-refractivity contribution is 6.17. The molecule has 3 nitrogen and oxygen atoms in total. The van der Waals surface area contributed by atoms with Crippen molar-refractivity contribution in [3.8, 4) is 0 Å². The van der Waals surface area contributed by atoms with Crippen molar-refractivity contribution in [2.75, 3.05) is 0 Å². The van der Waals surface area contributed by atoms with Gasteiger partial charge in [-0.15, -0.1) is 0 Å². The van der Waals surface area contributed by atoms with Gasteiger partial charge in [0, 0.05) is 11.8 Å². The van der Waals surface area contributed by atoms with Gasteiger partial charge in [0.05, 0.1) is 14.0 Å². The molecule has 2 fully saturated rings. The number of hydrogen-bond donors (Lipinski definition) is 1. The van der Waals surface area contributed by atoms with Gasteiger partial charge in [0.1, 0.15) is 11.6 Å². The molecular weight excluding hydrogens is 263 g/mol. The molecule has 1 N–H and O–H groups in total. The normalized spacial score (nSPS) is 46.7. The largest absolute Gasteiger partial charge is 0.393 e. The van der Waals surface area contributed by atoms with Crippen LogP contribution in [0.4, 0.5) is 0 Å². The molecule has 0 amide bonds. The van der Waals surface area contributed by atoms with Gasteiger partial charge in [-0.25, -0.2) is 0 Å². The minimum Gasteiger partial charge on any atom is -0.393 e. The quantitative estimate of drug-likeness (QED) is 0.813. The minimum atomic E-state index is -0.874. The molecule has 4 unspecified atom stereocenters. The molecule has 21 heavy (non-hydrogen) atoms. The molecule has 2 bridgehead atoms. The van der Waals surface area contributed by atoms with Gasteiger partial charge >= 0.3 is 0 Å². The van der Waals surface area contributed by atoms with E-state index in [-0.39, 0.29) is 29.3 Å². The summed E-state index contributed by atoms with van der Waals surface area (Å²) in [4.78, 5) is 24.7. The lowest BCUT2D eigenvalue weighted by Gasteiger charge is -2.61. The number of rotatable bonds is 3. The SMILES string of the molecule is [B][C@@]1(CC)C(O)CC2CCCC(C(C)=O)C1(C)[C@H]2C(C)=O. The third-order valence-electron chi connectivity index (χ3n) is 6.55. The molecule has 6 atom stereocenters. The minimum absolute atomic E-state index is 0.0989. The van der Waals surface area contributed by atoms with Crippen molar-refractivity contribution < 1.29 is 14.7 Å². The van der Waals surface area contributed by atoms with Gasteiger partial charge < -0.3 is 5.11 Å². The Kier molecular flexibility index (Phi) is 4.41. The fourth-order valence-electron chi connectivity index (χ4n) is 5.48. The fourth-order valence-corrected chi connectivity index (χ4v) is 5.48. The summed E-state index contributed by atoms with van der Waals surface area (Å²) in [6, 6.07) is 0. The predicted octanol–water partition coefficient (Wildman–Crippen LogP) is 2.71. The molecule has 0 aromatic heterocycles. The molecule has 2 radical (unpaired) electrons. The van der Waals surface area contributed by atoms with E-state index in [4.69, 9.17) is 7.85 Å². The monoisotopic (exact) mass is 290 g/mol. The summed E-state index contributed by atoms with van der Waals surface area (Å²) in [5.41, 5.74) is -0.655. The van der Waals surface area contributed by atoms with E-state index in [1.165, 1.54) is 0 Å². The van der Waals surface area contributed by atoms with Gasteiger partial charge in [-0.1, -0.05) is 26.7 Å². The van der Waals surface area contributed by atoms with E-state index >= 15 is 0 Å². The molecule has 0 aromatic rings. The van der Waals surface area contributed by atoms with Crippen LogP contribution in [0.25, 0.3) is 0 Å². The van der Waals surface area contributed by atoms with Crippen LogP contribution in [0.15, 0.2) is 0 Å². The van der Waals surface area contributed by atoms with Crippen molar-refractivity contribution in [3.05, 3.63) is 0 Å². The zero-order valence-corrected chi connectivity index (χ0v) is 13.7. The summed E-state index contributed by atoms with van der Waals surface area (Å²) in [5, 5.41) is 9.80. The lowest BCUT2D eigenvalue weighted by molar-refractivity contribution is -0.151. The highest BCUT2D eigenvalue weighted by Crippen LogP contribution is 2.66. The van der Waals surface area contributed by atoms with Crippen LogP contribution in [0.5, 0.6) is 0 Å². The molecule has 0 saturated heterocycles.